The number of piperazine rings is 1. The number of nitrogens with zero attached hydrogens (tertiary/aromatic N) is 4. The molecular weight excluding hydrogens is 382 g/mol. The van der Waals surface area contributed by atoms with Crippen LogP contribution in [0.25, 0.3) is 0 Å². The molecule has 3 heterocycles. The third-order valence-corrected chi connectivity index (χ3v) is 6.81. The number of rotatable bonds is 5. The summed E-state index contributed by atoms with van der Waals surface area (Å²) in [7, 11) is 0. The number of nitrogens with one attached hydrogen (secondary N) is 1. The lowest BCUT2D eigenvalue weighted by molar-refractivity contribution is -0.141. The summed E-state index contributed by atoms with van der Waals surface area (Å²) >= 11 is 1.71. The molecule has 0 saturated carbocycles. The van der Waals surface area contributed by atoms with Crippen LogP contribution < -0.4 is 5.32 Å². The van der Waals surface area contributed by atoms with Gasteiger partial charge in [0.2, 0.25) is 5.91 Å². The normalized spacial score (nSPS) is 22.3. The summed E-state index contributed by atoms with van der Waals surface area (Å²) in [5, 5.41) is 6.78. The summed E-state index contributed by atoms with van der Waals surface area (Å²) in [5.74, 6) is 0.258. The molecule has 6 nitrogen and oxygen atoms in total. The SMILES string of the molecule is CC(C)(C)C(=O)N1CCN(Cc2csc(NCC3CCCN3C(C)(C)C)n2)CC1. The zero-order valence-corrected chi connectivity index (χ0v) is 19.9. The summed E-state index contributed by atoms with van der Waals surface area (Å²) < 4.78 is 0. The fourth-order valence-corrected chi connectivity index (χ4v) is 5.12. The third kappa shape index (κ3) is 5.92. The number of amides is 1. The van der Waals surface area contributed by atoms with Crippen molar-refractivity contribution in [3.8, 4) is 0 Å². The smallest absolute Gasteiger partial charge is 0.228 e. The second kappa shape index (κ2) is 8.90. The van der Waals surface area contributed by atoms with Gasteiger partial charge in [0.25, 0.3) is 0 Å². The van der Waals surface area contributed by atoms with E-state index in [9.17, 15) is 4.79 Å². The van der Waals surface area contributed by atoms with Gasteiger partial charge < -0.3 is 10.2 Å². The Kier molecular flexibility index (Phi) is 6.91. The van der Waals surface area contributed by atoms with Crippen LogP contribution in [0.15, 0.2) is 5.38 Å². The topological polar surface area (TPSA) is 51.7 Å². The quantitative estimate of drug-likeness (QED) is 0.788. The van der Waals surface area contributed by atoms with E-state index >= 15 is 0 Å². The highest BCUT2D eigenvalue weighted by atomic mass is 32.1. The van der Waals surface area contributed by atoms with Gasteiger partial charge in [0.15, 0.2) is 5.13 Å². The second-order valence-corrected chi connectivity index (χ2v) is 11.4. The van der Waals surface area contributed by atoms with Gasteiger partial charge >= 0.3 is 0 Å². The molecule has 3 rings (SSSR count). The van der Waals surface area contributed by atoms with Gasteiger partial charge in [-0.15, -0.1) is 11.3 Å². The molecule has 0 radical (unpaired) electrons. The number of hydrogen-bond acceptors (Lipinski definition) is 6. The molecule has 7 heteroatoms. The molecule has 1 amide bonds. The zero-order chi connectivity index (χ0) is 21.2. The molecule has 164 valence electrons. The van der Waals surface area contributed by atoms with E-state index in [1.165, 1.54) is 19.4 Å². The van der Waals surface area contributed by atoms with Gasteiger partial charge in [-0.25, -0.2) is 4.98 Å². The van der Waals surface area contributed by atoms with Gasteiger partial charge in [-0.2, -0.15) is 0 Å². The fraction of sp³-hybridized carbons (Fsp3) is 0.818. The molecule has 29 heavy (non-hydrogen) atoms. The maximum atomic E-state index is 12.4. The van der Waals surface area contributed by atoms with E-state index in [0.717, 1.165) is 50.1 Å². The van der Waals surface area contributed by atoms with E-state index in [0.29, 0.717) is 6.04 Å². The molecule has 2 aliphatic heterocycles. The number of carbonyl (C=O) groups is 1. The Balaban J connectivity index is 1.45. The molecule has 1 unspecified atom stereocenters. The van der Waals surface area contributed by atoms with Crippen LogP contribution in [-0.4, -0.2) is 76.4 Å². The van der Waals surface area contributed by atoms with Crippen molar-refractivity contribution in [1.29, 1.82) is 0 Å². The first-order chi connectivity index (χ1) is 13.5. The molecule has 0 aromatic carbocycles. The third-order valence-electron chi connectivity index (χ3n) is 5.97. The number of carbonyl (C=O) groups excluding carboxylic acids is 1. The van der Waals surface area contributed by atoms with Crippen molar-refractivity contribution in [2.75, 3.05) is 44.6 Å². The largest absolute Gasteiger partial charge is 0.360 e. The molecule has 0 aliphatic carbocycles. The molecular formula is C22H39N5OS. The molecule has 1 N–H and O–H groups in total. The van der Waals surface area contributed by atoms with Crippen LogP contribution >= 0.6 is 11.3 Å². The molecule has 2 aliphatic rings. The molecule has 1 atom stereocenters. The molecule has 2 saturated heterocycles. The molecule has 0 spiro atoms. The monoisotopic (exact) mass is 421 g/mol. The van der Waals surface area contributed by atoms with Crippen molar-refractivity contribution in [1.82, 2.24) is 19.7 Å². The standard InChI is InChI=1S/C22H39N5OS/c1-21(2,3)19(28)26-12-10-25(11-13-26)15-17-16-29-20(24-17)23-14-18-8-7-9-27(18)22(4,5)6/h16,18H,7-15H2,1-6H3,(H,23,24). The van der Waals surface area contributed by atoms with Crippen molar-refractivity contribution in [3.05, 3.63) is 11.1 Å². The average Bonchev–Trinajstić information content (AvgIpc) is 3.28. The Hall–Kier alpha value is -1.18. The fourth-order valence-electron chi connectivity index (χ4n) is 4.41. The lowest BCUT2D eigenvalue weighted by Gasteiger charge is -2.37. The van der Waals surface area contributed by atoms with E-state index in [2.05, 4.69) is 41.3 Å². The number of anilines is 1. The second-order valence-electron chi connectivity index (χ2n) is 10.5. The Morgan fingerprint density at radius 2 is 1.83 bits per heavy atom. The highest BCUT2D eigenvalue weighted by Gasteiger charge is 2.33. The molecule has 2 fully saturated rings. The minimum atomic E-state index is -0.292. The Morgan fingerprint density at radius 1 is 1.14 bits per heavy atom. The first kappa shape index (κ1) is 22.5. The van der Waals surface area contributed by atoms with Gasteiger partial charge in [0.05, 0.1) is 5.69 Å². The predicted octanol–water partition coefficient (Wildman–Crippen LogP) is 3.51. The Morgan fingerprint density at radius 3 is 2.45 bits per heavy atom. The lowest BCUT2D eigenvalue weighted by atomic mass is 9.94. The minimum Gasteiger partial charge on any atom is -0.360 e. The highest BCUT2D eigenvalue weighted by Crippen LogP contribution is 2.27. The van der Waals surface area contributed by atoms with Crippen molar-refractivity contribution in [2.45, 2.75) is 72.5 Å². The van der Waals surface area contributed by atoms with Gasteiger partial charge in [0, 0.05) is 61.6 Å². The summed E-state index contributed by atoms with van der Waals surface area (Å²) in [6.45, 7) is 19.4. The molecule has 1 aromatic heterocycles. The predicted molar refractivity (Wildman–Crippen MR) is 121 cm³/mol. The van der Waals surface area contributed by atoms with Crippen LogP contribution in [-0.2, 0) is 11.3 Å². The molecule has 1 aromatic rings. The zero-order valence-electron chi connectivity index (χ0n) is 19.1. The summed E-state index contributed by atoms with van der Waals surface area (Å²) in [6.07, 6.45) is 2.55. The van der Waals surface area contributed by atoms with E-state index in [1.54, 1.807) is 11.3 Å². The van der Waals surface area contributed by atoms with E-state index in [1.807, 2.05) is 25.7 Å². The summed E-state index contributed by atoms with van der Waals surface area (Å²) in [4.78, 5) is 24.3. The summed E-state index contributed by atoms with van der Waals surface area (Å²) in [5.41, 5.74) is 1.07. The number of likely N-dealkylation sites (tertiary alicyclic amines) is 1. The van der Waals surface area contributed by atoms with Gasteiger partial charge in [-0.05, 0) is 40.2 Å². The van der Waals surface area contributed by atoms with Crippen LogP contribution in [0.4, 0.5) is 5.13 Å². The van der Waals surface area contributed by atoms with Gasteiger partial charge in [-0.1, -0.05) is 20.8 Å². The number of aromatic nitrogens is 1. The Bertz CT molecular complexity index is 682. The number of hydrogen-bond donors (Lipinski definition) is 1. The van der Waals surface area contributed by atoms with Crippen LogP contribution in [0.3, 0.4) is 0 Å². The summed E-state index contributed by atoms with van der Waals surface area (Å²) in [6, 6.07) is 0.593. The van der Waals surface area contributed by atoms with Crippen LogP contribution in [0.2, 0.25) is 0 Å². The minimum absolute atomic E-state index is 0.230. The first-order valence-corrected chi connectivity index (χ1v) is 11.9. The van der Waals surface area contributed by atoms with E-state index in [4.69, 9.17) is 4.98 Å². The Labute approximate surface area is 180 Å². The van der Waals surface area contributed by atoms with Crippen molar-refractivity contribution in [2.24, 2.45) is 5.41 Å². The van der Waals surface area contributed by atoms with Crippen molar-refractivity contribution in [3.63, 3.8) is 0 Å². The van der Waals surface area contributed by atoms with Gasteiger partial charge in [0.1, 0.15) is 0 Å². The van der Waals surface area contributed by atoms with E-state index < -0.39 is 0 Å². The first-order valence-electron chi connectivity index (χ1n) is 11.0. The maximum absolute atomic E-state index is 12.4. The lowest BCUT2D eigenvalue weighted by Crippen LogP contribution is -2.51. The van der Waals surface area contributed by atoms with Crippen LogP contribution in [0.1, 0.15) is 60.1 Å². The highest BCUT2D eigenvalue weighted by molar-refractivity contribution is 7.13. The molecule has 0 bridgehead atoms. The van der Waals surface area contributed by atoms with Crippen LogP contribution in [0.5, 0.6) is 0 Å². The average molecular weight is 422 g/mol. The maximum Gasteiger partial charge on any atom is 0.228 e. The van der Waals surface area contributed by atoms with Crippen molar-refractivity contribution < 1.29 is 4.79 Å². The van der Waals surface area contributed by atoms with Crippen molar-refractivity contribution >= 4 is 22.4 Å². The van der Waals surface area contributed by atoms with Gasteiger partial charge in [-0.3, -0.25) is 14.6 Å². The van der Waals surface area contributed by atoms with Crippen LogP contribution in [0, 0.1) is 5.41 Å². The number of thiazole rings is 1. The van der Waals surface area contributed by atoms with E-state index in [-0.39, 0.29) is 16.9 Å².